The number of carbonyl (C=O) groups excluding carboxylic acids is 2. The maximum absolute atomic E-state index is 12.1. The van der Waals surface area contributed by atoms with Crippen molar-refractivity contribution in [1.29, 1.82) is 0 Å². The molecule has 2 amide bonds. The lowest BCUT2D eigenvalue weighted by Gasteiger charge is -2.12. The first-order chi connectivity index (χ1) is 12.1. The van der Waals surface area contributed by atoms with Crippen molar-refractivity contribution in [3.63, 3.8) is 0 Å². The topological polar surface area (TPSA) is 102 Å². The largest absolute Gasteiger partial charge is 0.394 e. The van der Waals surface area contributed by atoms with E-state index in [0.29, 0.717) is 16.7 Å². The van der Waals surface area contributed by atoms with Crippen molar-refractivity contribution in [3.05, 3.63) is 75.3 Å². The van der Waals surface area contributed by atoms with Crippen LogP contribution < -0.4 is 0 Å². The van der Waals surface area contributed by atoms with Crippen LogP contribution in [0.5, 0.6) is 0 Å². The van der Waals surface area contributed by atoms with E-state index in [2.05, 4.69) is 5.16 Å². The smallest absolute Gasteiger partial charge is 0.270 e. The van der Waals surface area contributed by atoms with Crippen LogP contribution in [0.15, 0.2) is 53.7 Å². The monoisotopic (exact) mass is 339 g/mol. The number of hydrogen-bond donors (Lipinski definition) is 0. The predicted octanol–water partition coefficient (Wildman–Crippen LogP) is 2.24. The quantitative estimate of drug-likeness (QED) is 0.264. The molecule has 0 radical (unpaired) electrons. The number of hydrogen-bond acceptors (Lipinski definition) is 6. The Bertz CT molecular complexity index is 843. The van der Waals surface area contributed by atoms with E-state index in [1.165, 1.54) is 24.4 Å². The van der Waals surface area contributed by atoms with Crippen LogP contribution in [0, 0.1) is 10.1 Å². The Balaban J connectivity index is 1.54. The average Bonchev–Trinajstić information content (AvgIpc) is 2.87. The highest BCUT2D eigenvalue weighted by Gasteiger charge is 2.34. The van der Waals surface area contributed by atoms with Gasteiger partial charge >= 0.3 is 0 Å². The van der Waals surface area contributed by atoms with Gasteiger partial charge in [0.25, 0.3) is 17.5 Å². The molecule has 8 heteroatoms. The van der Waals surface area contributed by atoms with Gasteiger partial charge in [0.2, 0.25) is 0 Å². The molecule has 2 aromatic carbocycles. The van der Waals surface area contributed by atoms with Crippen LogP contribution in [-0.2, 0) is 4.84 Å². The Morgan fingerprint density at radius 1 is 1.08 bits per heavy atom. The lowest BCUT2D eigenvalue weighted by atomic mass is 10.1. The summed E-state index contributed by atoms with van der Waals surface area (Å²) >= 11 is 0. The zero-order valence-electron chi connectivity index (χ0n) is 13.0. The molecule has 1 heterocycles. The molecule has 25 heavy (non-hydrogen) atoms. The second-order valence-corrected chi connectivity index (χ2v) is 5.23. The molecule has 0 aliphatic carbocycles. The standard InChI is InChI=1S/C17H13N3O5/c21-16-14-6-1-2-7-15(14)17(22)19(16)8-9-25-18-11-12-4-3-5-13(10-12)20(23)24/h1-7,10-11H,8-9H2/b18-11+. The van der Waals surface area contributed by atoms with E-state index in [4.69, 9.17) is 4.84 Å². The molecule has 1 aliphatic rings. The number of non-ortho nitro benzene ring substituents is 1. The van der Waals surface area contributed by atoms with Gasteiger partial charge in [0, 0.05) is 17.7 Å². The number of fused-ring (bicyclic) bond motifs is 1. The van der Waals surface area contributed by atoms with Gasteiger partial charge in [-0.1, -0.05) is 29.4 Å². The van der Waals surface area contributed by atoms with Gasteiger partial charge in [-0.3, -0.25) is 24.6 Å². The van der Waals surface area contributed by atoms with Crippen LogP contribution in [0.4, 0.5) is 5.69 Å². The van der Waals surface area contributed by atoms with Crippen LogP contribution in [0.3, 0.4) is 0 Å². The highest BCUT2D eigenvalue weighted by atomic mass is 16.6. The van der Waals surface area contributed by atoms with Gasteiger partial charge in [-0.2, -0.15) is 0 Å². The first kappa shape index (κ1) is 16.3. The molecule has 0 aromatic heterocycles. The molecule has 0 N–H and O–H groups in total. The summed E-state index contributed by atoms with van der Waals surface area (Å²) in [5.41, 5.74) is 1.23. The summed E-state index contributed by atoms with van der Waals surface area (Å²) in [6.45, 7) is 0.0928. The summed E-state index contributed by atoms with van der Waals surface area (Å²) in [5.74, 6) is -0.710. The van der Waals surface area contributed by atoms with Crippen molar-refractivity contribution < 1.29 is 19.3 Å². The van der Waals surface area contributed by atoms with Gasteiger partial charge < -0.3 is 4.84 Å². The minimum absolute atomic E-state index is 0.0247. The van der Waals surface area contributed by atoms with Gasteiger partial charge in [0.05, 0.1) is 28.8 Å². The van der Waals surface area contributed by atoms with E-state index in [1.807, 2.05) is 0 Å². The third-order valence-corrected chi connectivity index (χ3v) is 3.64. The van der Waals surface area contributed by atoms with Crippen molar-refractivity contribution in [3.8, 4) is 0 Å². The van der Waals surface area contributed by atoms with E-state index in [1.54, 1.807) is 30.3 Å². The lowest BCUT2D eigenvalue weighted by Crippen LogP contribution is -2.32. The molecule has 0 atom stereocenters. The predicted molar refractivity (Wildman–Crippen MR) is 88.5 cm³/mol. The van der Waals surface area contributed by atoms with Gasteiger partial charge in [0.1, 0.15) is 6.61 Å². The molecule has 126 valence electrons. The van der Waals surface area contributed by atoms with Crippen LogP contribution in [0.25, 0.3) is 0 Å². The molecule has 0 fully saturated rings. The molecule has 0 spiro atoms. The van der Waals surface area contributed by atoms with E-state index >= 15 is 0 Å². The number of rotatable bonds is 6. The summed E-state index contributed by atoms with van der Waals surface area (Å²) in [4.78, 5) is 40.6. The summed E-state index contributed by atoms with van der Waals surface area (Å²) < 4.78 is 0. The molecular formula is C17H13N3O5. The zero-order valence-corrected chi connectivity index (χ0v) is 13.0. The fraction of sp³-hybridized carbons (Fsp3) is 0.118. The summed E-state index contributed by atoms with van der Waals surface area (Å²) in [7, 11) is 0. The first-order valence-corrected chi connectivity index (χ1v) is 7.43. The van der Waals surface area contributed by atoms with E-state index in [0.717, 1.165) is 4.90 Å². The molecule has 0 unspecified atom stereocenters. The van der Waals surface area contributed by atoms with Gasteiger partial charge in [-0.25, -0.2) is 0 Å². The number of nitrogens with zero attached hydrogens (tertiary/aromatic N) is 3. The number of benzene rings is 2. The highest BCUT2D eigenvalue weighted by Crippen LogP contribution is 2.21. The van der Waals surface area contributed by atoms with E-state index < -0.39 is 4.92 Å². The number of nitro benzene ring substituents is 1. The molecule has 0 bridgehead atoms. The van der Waals surface area contributed by atoms with Gasteiger partial charge in [0.15, 0.2) is 0 Å². The first-order valence-electron chi connectivity index (χ1n) is 7.43. The minimum Gasteiger partial charge on any atom is -0.394 e. The fourth-order valence-electron chi connectivity index (χ4n) is 2.44. The van der Waals surface area contributed by atoms with E-state index in [9.17, 15) is 19.7 Å². The van der Waals surface area contributed by atoms with Crippen LogP contribution in [0.1, 0.15) is 26.3 Å². The third kappa shape index (κ3) is 3.37. The van der Waals surface area contributed by atoms with Crippen molar-refractivity contribution in [2.75, 3.05) is 13.2 Å². The zero-order chi connectivity index (χ0) is 17.8. The number of amides is 2. The van der Waals surface area contributed by atoms with Crippen molar-refractivity contribution in [1.82, 2.24) is 4.90 Å². The second kappa shape index (κ2) is 6.91. The highest BCUT2D eigenvalue weighted by molar-refractivity contribution is 6.21. The van der Waals surface area contributed by atoms with Gasteiger partial charge in [-0.15, -0.1) is 0 Å². The minimum atomic E-state index is -0.500. The SMILES string of the molecule is O=C1c2ccccc2C(=O)N1CCO/N=C/c1cccc([N+](=O)[O-])c1. The normalized spacial score (nSPS) is 13.4. The molecule has 1 aliphatic heterocycles. The Hall–Kier alpha value is -3.55. The molecule has 0 saturated carbocycles. The van der Waals surface area contributed by atoms with Crippen molar-refractivity contribution >= 4 is 23.7 Å². The number of imide groups is 1. The van der Waals surface area contributed by atoms with E-state index in [-0.39, 0.29) is 30.7 Å². The number of nitro groups is 1. The maximum Gasteiger partial charge on any atom is 0.270 e. The maximum atomic E-state index is 12.1. The average molecular weight is 339 g/mol. The Morgan fingerprint density at radius 2 is 1.76 bits per heavy atom. The third-order valence-electron chi connectivity index (χ3n) is 3.64. The Labute approximate surface area is 142 Å². The fourth-order valence-corrected chi connectivity index (χ4v) is 2.44. The van der Waals surface area contributed by atoms with Crippen molar-refractivity contribution in [2.45, 2.75) is 0 Å². The summed E-state index contributed by atoms with van der Waals surface area (Å²) in [5, 5.41) is 14.4. The van der Waals surface area contributed by atoms with Crippen LogP contribution >= 0.6 is 0 Å². The number of oxime groups is 1. The lowest BCUT2D eigenvalue weighted by molar-refractivity contribution is -0.384. The molecule has 0 saturated heterocycles. The van der Waals surface area contributed by atoms with Crippen molar-refractivity contribution in [2.24, 2.45) is 5.16 Å². The Morgan fingerprint density at radius 3 is 2.40 bits per heavy atom. The molecular weight excluding hydrogens is 326 g/mol. The number of carbonyl (C=O) groups is 2. The molecule has 3 rings (SSSR count). The second-order valence-electron chi connectivity index (χ2n) is 5.23. The molecule has 8 nitrogen and oxygen atoms in total. The summed E-state index contributed by atoms with van der Waals surface area (Å²) in [6.07, 6.45) is 1.33. The van der Waals surface area contributed by atoms with Gasteiger partial charge in [-0.05, 0) is 12.1 Å². The van der Waals surface area contributed by atoms with Crippen LogP contribution in [-0.4, -0.2) is 41.0 Å². The Kier molecular flexibility index (Phi) is 4.51. The summed E-state index contributed by atoms with van der Waals surface area (Å²) in [6, 6.07) is 12.5. The molecule has 2 aromatic rings. The van der Waals surface area contributed by atoms with Crippen LogP contribution in [0.2, 0.25) is 0 Å².